The maximum atomic E-state index is 12.0. The van der Waals surface area contributed by atoms with E-state index >= 15 is 0 Å². The lowest BCUT2D eigenvalue weighted by Gasteiger charge is -2.22. The van der Waals surface area contributed by atoms with E-state index in [-0.39, 0.29) is 24.3 Å². The zero-order valence-corrected chi connectivity index (χ0v) is 19.4. The summed E-state index contributed by atoms with van der Waals surface area (Å²) in [6.45, 7) is 4.61. The Bertz CT molecular complexity index is 765. The number of nitrogens with zero attached hydrogens (tertiary/aromatic N) is 1. The molecule has 1 aliphatic carbocycles. The van der Waals surface area contributed by atoms with Crippen molar-refractivity contribution in [1.82, 2.24) is 20.9 Å². The first-order valence-electron chi connectivity index (χ1n) is 11.4. The van der Waals surface area contributed by atoms with Crippen LogP contribution in [0.25, 0.3) is 0 Å². The number of carbonyl (C=O) groups is 3. The maximum absolute atomic E-state index is 12.0. The van der Waals surface area contributed by atoms with Gasteiger partial charge in [-0.15, -0.1) is 0 Å². The number of nitrogens with one attached hydrogen (secondary N) is 3. The summed E-state index contributed by atoms with van der Waals surface area (Å²) in [5, 5.41) is 8.77. The van der Waals surface area contributed by atoms with Gasteiger partial charge in [-0.3, -0.25) is 14.4 Å². The standard InChI is InChI=1S/C24H38N4O3/c1-17(28(4)18(2)29)24(31)27-16-23(30)26-14-6-9-20-7-5-8-21-12-10-19(15-25-3)11-13-22(20)21/h5,7-8,17,19,25H,6,9-16H2,1-4H3,(H,26,30)(H,27,31). The molecule has 7 nitrogen and oxygen atoms in total. The van der Waals surface area contributed by atoms with Gasteiger partial charge in [0.2, 0.25) is 17.7 Å². The highest BCUT2D eigenvalue weighted by Crippen LogP contribution is 2.27. The van der Waals surface area contributed by atoms with Crippen molar-refractivity contribution in [2.45, 2.75) is 58.4 Å². The molecule has 1 aromatic carbocycles. The van der Waals surface area contributed by atoms with Gasteiger partial charge in [0, 0.05) is 20.5 Å². The molecule has 172 valence electrons. The van der Waals surface area contributed by atoms with Gasteiger partial charge in [0.05, 0.1) is 6.54 Å². The van der Waals surface area contributed by atoms with Crippen molar-refractivity contribution < 1.29 is 14.4 Å². The zero-order chi connectivity index (χ0) is 22.8. The highest BCUT2D eigenvalue weighted by Gasteiger charge is 2.20. The van der Waals surface area contributed by atoms with Crippen molar-refractivity contribution in [3.05, 3.63) is 34.9 Å². The number of likely N-dealkylation sites (N-methyl/N-ethyl adjacent to an activating group) is 1. The van der Waals surface area contributed by atoms with E-state index in [1.165, 1.54) is 41.4 Å². The molecule has 2 rings (SSSR count). The number of benzene rings is 1. The van der Waals surface area contributed by atoms with E-state index in [1.807, 2.05) is 7.05 Å². The molecule has 0 saturated carbocycles. The molecule has 0 aromatic heterocycles. The molecule has 0 bridgehead atoms. The minimum atomic E-state index is -0.605. The number of fused-ring (bicyclic) bond motifs is 1. The number of hydrogen-bond acceptors (Lipinski definition) is 4. The fourth-order valence-electron chi connectivity index (χ4n) is 4.16. The lowest BCUT2D eigenvalue weighted by atomic mass is 9.94. The smallest absolute Gasteiger partial charge is 0.242 e. The van der Waals surface area contributed by atoms with Crippen LogP contribution in [-0.2, 0) is 33.6 Å². The Hall–Kier alpha value is -2.41. The Kier molecular flexibility index (Phi) is 9.98. The normalized spacial score (nSPS) is 16.6. The van der Waals surface area contributed by atoms with E-state index in [9.17, 15) is 14.4 Å². The second kappa shape index (κ2) is 12.4. The quantitative estimate of drug-likeness (QED) is 0.387. The Balaban J connectivity index is 1.74. The van der Waals surface area contributed by atoms with Crippen LogP contribution in [0, 0.1) is 5.92 Å². The average Bonchev–Trinajstić information content (AvgIpc) is 2.97. The summed E-state index contributed by atoms with van der Waals surface area (Å²) in [4.78, 5) is 36.8. The van der Waals surface area contributed by atoms with Gasteiger partial charge in [0.1, 0.15) is 6.04 Å². The summed E-state index contributed by atoms with van der Waals surface area (Å²) < 4.78 is 0. The number of hydrogen-bond donors (Lipinski definition) is 3. The predicted molar refractivity (Wildman–Crippen MR) is 123 cm³/mol. The van der Waals surface area contributed by atoms with Gasteiger partial charge in [0.25, 0.3) is 0 Å². The summed E-state index contributed by atoms with van der Waals surface area (Å²) in [6.07, 6.45) is 6.53. The number of amides is 3. The molecular weight excluding hydrogens is 392 g/mol. The number of aryl methyl sites for hydroxylation is 2. The lowest BCUT2D eigenvalue weighted by molar-refractivity contribution is -0.137. The number of carbonyl (C=O) groups excluding carboxylic acids is 3. The first kappa shape index (κ1) is 24.9. The second-order valence-corrected chi connectivity index (χ2v) is 8.53. The topological polar surface area (TPSA) is 90.5 Å². The SMILES string of the molecule is CNCC1CCc2cccc(CCCNC(=O)CNC(=O)C(C)N(C)C(C)=O)c2CC1. The van der Waals surface area contributed by atoms with Crippen molar-refractivity contribution >= 4 is 17.7 Å². The van der Waals surface area contributed by atoms with Crippen LogP contribution in [0.2, 0.25) is 0 Å². The highest BCUT2D eigenvalue weighted by molar-refractivity contribution is 5.89. The van der Waals surface area contributed by atoms with Crippen LogP contribution in [-0.4, -0.2) is 62.4 Å². The van der Waals surface area contributed by atoms with Crippen LogP contribution in [0.1, 0.15) is 49.8 Å². The van der Waals surface area contributed by atoms with Crippen molar-refractivity contribution in [3.8, 4) is 0 Å². The molecule has 0 aliphatic heterocycles. The molecule has 0 saturated heterocycles. The molecule has 0 fully saturated rings. The van der Waals surface area contributed by atoms with Gasteiger partial charge in [-0.2, -0.15) is 0 Å². The first-order chi connectivity index (χ1) is 14.8. The molecule has 31 heavy (non-hydrogen) atoms. The van der Waals surface area contributed by atoms with Gasteiger partial charge < -0.3 is 20.9 Å². The summed E-state index contributed by atoms with van der Waals surface area (Å²) in [5.41, 5.74) is 4.38. The van der Waals surface area contributed by atoms with Crippen molar-refractivity contribution in [1.29, 1.82) is 0 Å². The van der Waals surface area contributed by atoms with Gasteiger partial charge in [0.15, 0.2) is 0 Å². The zero-order valence-electron chi connectivity index (χ0n) is 19.4. The van der Waals surface area contributed by atoms with Crippen LogP contribution in [0.4, 0.5) is 0 Å². The van der Waals surface area contributed by atoms with E-state index in [1.54, 1.807) is 14.0 Å². The van der Waals surface area contributed by atoms with Crippen LogP contribution in [0.3, 0.4) is 0 Å². The van der Waals surface area contributed by atoms with E-state index in [0.29, 0.717) is 6.54 Å². The third-order valence-corrected chi connectivity index (χ3v) is 6.31. The van der Waals surface area contributed by atoms with E-state index in [0.717, 1.165) is 38.1 Å². The van der Waals surface area contributed by atoms with Crippen LogP contribution >= 0.6 is 0 Å². The molecule has 1 aromatic rings. The molecule has 2 atom stereocenters. The fraction of sp³-hybridized carbons (Fsp3) is 0.625. The van der Waals surface area contributed by atoms with Gasteiger partial charge in [-0.25, -0.2) is 0 Å². The monoisotopic (exact) mass is 430 g/mol. The van der Waals surface area contributed by atoms with E-state index < -0.39 is 6.04 Å². The largest absolute Gasteiger partial charge is 0.355 e. The van der Waals surface area contributed by atoms with Crippen LogP contribution in [0.5, 0.6) is 0 Å². The lowest BCUT2D eigenvalue weighted by Crippen LogP contribution is -2.47. The Morgan fingerprint density at radius 1 is 1.16 bits per heavy atom. The maximum Gasteiger partial charge on any atom is 0.242 e. The number of rotatable bonds is 10. The molecule has 0 heterocycles. The molecule has 0 radical (unpaired) electrons. The van der Waals surface area contributed by atoms with Gasteiger partial charge >= 0.3 is 0 Å². The molecule has 1 aliphatic rings. The van der Waals surface area contributed by atoms with Crippen LogP contribution in [0.15, 0.2) is 18.2 Å². The minimum absolute atomic E-state index is 0.0808. The minimum Gasteiger partial charge on any atom is -0.355 e. The first-order valence-corrected chi connectivity index (χ1v) is 11.4. The Morgan fingerprint density at radius 2 is 1.90 bits per heavy atom. The highest BCUT2D eigenvalue weighted by atomic mass is 16.2. The summed E-state index contributed by atoms with van der Waals surface area (Å²) >= 11 is 0. The van der Waals surface area contributed by atoms with Crippen molar-refractivity contribution in [2.24, 2.45) is 5.92 Å². The Morgan fingerprint density at radius 3 is 2.61 bits per heavy atom. The third-order valence-electron chi connectivity index (χ3n) is 6.31. The third kappa shape index (κ3) is 7.65. The van der Waals surface area contributed by atoms with Crippen molar-refractivity contribution in [3.63, 3.8) is 0 Å². The predicted octanol–water partition coefficient (Wildman–Crippen LogP) is 1.43. The summed E-state index contributed by atoms with van der Waals surface area (Å²) in [7, 11) is 3.59. The van der Waals surface area contributed by atoms with Gasteiger partial charge in [-0.05, 0) is 81.6 Å². The summed E-state index contributed by atoms with van der Waals surface area (Å²) in [6, 6.07) is 6.02. The fourth-order valence-corrected chi connectivity index (χ4v) is 4.16. The molecule has 2 unspecified atom stereocenters. The second-order valence-electron chi connectivity index (χ2n) is 8.53. The van der Waals surface area contributed by atoms with E-state index in [2.05, 4.69) is 34.1 Å². The molecule has 3 amide bonds. The molecule has 3 N–H and O–H groups in total. The van der Waals surface area contributed by atoms with Gasteiger partial charge in [-0.1, -0.05) is 18.2 Å². The summed E-state index contributed by atoms with van der Waals surface area (Å²) in [5.74, 6) is -0.00890. The van der Waals surface area contributed by atoms with E-state index in [4.69, 9.17) is 0 Å². The van der Waals surface area contributed by atoms with Crippen molar-refractivity contribution in [2.75, 3.05) is 33.7 Å². The average molecular weight is 431 g/mol. The molecule has 7 heteroatoms. The molecular formula is C24H38N4O3. The Labute approximate surface area is 186 Å². The van der Waals surface area contributed by atoms with Crippen LogP contribution < -0.4 is 16.0 Å². The molecule has 0 spiro atoms.